The summed E-state index contributed by atoms with van der Waals surface area (Å²) in [5.74, 6) is 0.0526. The van der Waals surface area contributed by atoms with Crippen molar-refractivity contribution in [1.29, 1.82) is 0 Å². The molecular formula is C10H13N5OS. The maximum absolute atomic E-state index is 11.9. The van der Waals surface area contributed by atoms with Gasteiger partial charge in [-0.1, -0.05) is 0 Å². The van der Waals surface area contributed by atoms with Crippen LogP contribution in [0.5, 0.6) is 0 Å². The first kappa shape index (κ1) is 11.6. The molecule has 0 atom stereocenters. The fourth-order valence-corrected chi connectivity index (χ4v) is 2.12. The SMILES string of the molecule is Cc1nc(NC(=O)c2cnn(C)c2N)sc1C. The number of nitrogens with zero attached hydrogens (tertiary/aromatic N) is 3. The van der Waals surface area contributed by atoms with Crippen LogP contribution in [0.4, 0.5) is 10.9 Å². The summed E-state index contributed by atoms with van der Waals surface area (Å²) < 4.78 is 1.45. The van der Waals surface area contributed by atoms with Crippen LogP contribution in [-0.4, -0.2) is 20.7 Å². The predicted octanol–water partition coefficient (Wildman–Crippen LogP) is 1.33. The smallest absolute Gasteiger partial charge is 0.262 e. The standard InChI is InChI=1S/C10H13N5OS/c1-5-6(2)17-10(13-5)14-9(16)7-4-12-15(3)8(7)11/h4H,11H2,1-3H3,(H,13,14,16). The van der Waals surface area contributed by atoms with Gasteiger partial charge in [0.25, 0.3) is 5.91 Å². The van der Waals surface area contributed by atoms with E-state index in [-0.39, 0.29) is 5.91 Å². The Bertz CT molecular complexity index is 552. The fourth-order valence-electron chi connectivity index (χ4n) is 1.31. The Balaban J connectivity index is 2.20. The largest absolute Gasteiger partial charge is 0.383 e. The zero-order valence-electron chi connectivity index (χ0n) is 9.81. The minimum Gasteiger partial charge on any atom is -0.383 e. The van der Waals surface area contributed by atoms with Gasteiger partial charge in [-0.25, -0.2) is 4.98 Å². The molecule has 1 amide bonds. The average Bonchev–Trinajstić information content (AvgIpc) is 2.73. The Kier molecular flexibility index (Phi) is 2.84. The van der Waals surface area contributed by atoms with Gasteiger partial charge in [-0.3, -0.25) is 14.8 Å². The third kappa shape index (κ3) is 2.14. The molecule has 0 aliphatic heterocycles. The van der Waals surface area contributed by atoms with Gasteiger partial charge in [-0.05, 0) is 13.8 Å². The number of aryl methyl sites for hydroxylation is 3. The highest BCUT2D eigenvalue weighted by atomic mass is 32.1. The monoisotopic (exact) mass is 251 g/mol. The van der Waals surface area contributed by atoms with E-state index < -0.39 is 0 Å². The highest BCUT2D eigenvalue weighted by Crippen LogP contribution is 2.22. The average molecular weight is 251 g/mol. The Morgan fingerprint density at radius 1 is 1.53 bits per heavy atom. The maximum atomic E-state index is 11.9. The summed E-state index contributed by atoms with van der Waals surface area (Å²) in [6.45, 7) is 3.86. The van der Waals surface area contributed by atoms with Crippen molar-refractivity contribution in [3.05, 3.63) is 22.3 Å². The molecule has 2 aromatic heterocycles. The van der Waals surface area contributed by atoms with Crippen LogP contribution in [-0.2, 0) is 7.05 Å². The molecule has 17 heavy (non-hydrogen) atoms. The van der Waals surface area contributed by atoms with Crippen LogP contribution in [0.1, 0.15) is 20.9 Å². The van der Waals surface area contributed by atoms with Crippen molar-refractivity contribution < 1.29 is 4.79 Å². The van der Waals surface area contributed by atoms with Crippen molar-refractivity contribution in [1.82, 2.24) is 14.8 Å². The lowest BCUT2D eigenvalue weighted by atomic mass is 10.3. The summed E-state index contributed by atoms with van der Waals surface area (Å²) in [5, 5.41) is 7.20. The van der Waals surface area contributed by atoms with Gasteiger partial charge in [-0.15, -0.1) is 11.3 Å². The molecule has 0 fully saturated rings. The molecule has 3 N–H and O–H groups in total. The van der Waals surface area contributed by atoms with Crippen molar-refractivity contribution in [2.75, 3.05) is 11.1 Å². The summed E-state index contributed by atoms with van der Waals surface area (Å²) in [6.07, 6.45) is 1.44. The number of anilines is 2. The summed E-state index contributed by atoms with van der Waals surface area (Å²) in [6, 6.07) is 0. The number of nitrogens with two attached hydrogens (primary N) is 1. The first-order valence-electron chi connectivity index (χ1n) is 5.02. The van der Waals surface area contributed by atoms with Crippen molar-refractivity contribution >= 4 is 28.2 Å². The van der Waals surface area contributed by atoms with Gasteiger partial charge in [0, 0.05) is 11.9 Å². The van der Waals surface area contributed by atoms with Gasteiger partial charge in [0.05, 0.1) is 11.9 Å². The molecule has 0 aliphatic carbocycles. The minimum atomic E-state index is -0.288. The first-order chi connectivity index (χ1) is 7.99. The van der Waals surface area contributed by atoms with Gasteiger partial charge < -0.3 is 5.73 Å². The van der Waals surface area contributed by atoms with Gasteiger partial charge in [0.2, 0.25) is 0 Å². The lowest BCUT2D eigenvalue weighted by molar-refractivity contribution is 0.102. The van der Waals surface area contributed by atoms with E-state index in [1.807, 2.05) is 13.8 Å². The zero-order chi connectivity index (χ0) is 12.6. The van der Waals surface area contributed by atoms with E-state index in [1.165, 1.54) is 22.2 Å². The third-order valence-electron chi connectivity index (χ3n) is 2.48. The number of thiazole rings is 1. The number of carbonyl (C=O) groups is 1. The molecule has 0 bridgehead atoms. The van der Waals surface area contributed by atoms with Crippen LogP contribution < -0.4 is 11.1 Å². The number of aromatic nitrogens is 3. The second-order valence-corrected chi connectivity index (χ2v) is 4.89. The second-order valence-electron chi connectivity index (χ2n) is 3.68. The quantitative estimate of drug-likeness (QED) is 0.843. The molecule has 2 heterocycles. The van der Waals surface area contributed by atoms with Crippen molar-refractivity contribution in [2.45, 2.75) is 13.8 Å². The number of nitrogen functional groups attached to an aromatic ring is 1. The predicted molar refractivity (Wildman–Crippen MR) is 67.2 cm³/mol. The van der Waals surface area contributed by atoms with E-state index >= 15 is 0 Å². The van der Waals surface area contributed by atoms with Crippen LogP contribution in [0.2, 0.25) is 0 Å². The maximum Gasteiger partial charge on any atom is 0.262 e. The molecule has 0 aliphatic rings. The number of rotatable bonds is 2. The topological polar surface area (TPSA) is 85.8 Å². The van der Waals surface area contributed by atoms with Crippen LogP contribution in [0.3, 0.4) is 0 Å². The number of nitrogens with one attached hydrogen (secondary N) is 1. The summed E-state index contributed by atoms with van der Waals surface area (Å²) in [5.41, 5.74) is 6.99. The molecule has 7 heteroatoms. The molecule has 2 aromatic rings. The zero-order valence-corrected chi connectivity index (χ0v) is 10.6. The summed E-state index contributed by atoms with van der Waals surface area (Å²) >= 11 is 1.44. The fraction of sp³-hybridized carbons (Fsp3) is 0.300. The molecule has 90 valence electrons. The van der Waals surface area contributed by atoms with Gasteiger partial charge >= 0.3 is 0 Å². The Morgan fingerprint density at radius 3 is 2.71 bits per heavy atom. The second kappa shape index (κ2) is 4.17. The highest BCUT2D eigenvalue weighted by Gasteiger charge is 2.15. The molecule has 0 saturated carbocycles. The van der Waals surface area contributed by atoms with Crippen LogP contribution >= 0.6 is 11.3 Å². The third-order valence-corrected chi connectivity index (χ3v) is 3.47. The lowest BCUT2D eigenvalue weighted by Gasteiger charge is -2.00. The molecule has 0 spiro atoms. The molecule has 6 nitrogen and oxygen atoms in total. The van der Waals surface area contributed by atoms with E-state index in [4.69, 9.17) is 5.73 Å². The minimum absolute atomic E-state index is 0.288. The lowest BCUT2D eigenvalue weighted by Crippen LogP contribution is -2.13. The van der Waals surface area contributed by atoms with Crippen LogP contribution in [0.25, 0.3) is 0 Å². The van der Waals surface area contributed by atoms with Crippen molar-refractivity contribution in [3.63, 3.8) is 0 Å². The van der Waals surface area contributed by atoms with E-state index in [1.54, 1.807) is 7.05 Å². The summed E-state index contributed by atoms with van der Waals surface area (Å²) in [4.78, 5) is 17.2. The van der Waals surface area contributed by atoms with Crippen molar-refractivity contribution in [3.8, 4) is 0 Å². The normalized spacial score (nSPS) is 10.5. The first-order valence-corrected chi connectivity index (χ1v) is 5.83. The Labute approximate surface area is 102 Å². The molecule has 0 aromatic carbocycles. The number of hydrogen-bond acceptors (Lipinski definition) is 5. The van der Waals surface area contributed by atoms with Gasteiger partial charge in [-0.2, -0.15) is 5.10 Å². The van der Waals surface area contributed by atoms with E-state index in [0.717, 1.165) is 10.6 Å². The molecular weight excluding hydrogens is 238 g/mol. The number of amides is 1. The van der Waals surface area contributed by atoms with Crippen molar-refractivity contribution in [2.24, 2.45) is 7.05 Å². The Morgan fingerprint density at radius 2 is 2.24 bits per heavy atom. The van der Waals surface area contributed by atoms with E-state index in [9.17, 15) is 4.79 Å². The van der Waals surface area contributed by atoms with Crippen LogP contribution in [0, 0.1) is 13.8 Å². The van der Waals surface area contributed by atoms with Gasteiger partial charge in [0.15, 0.2) is 5.13 Å². The van der Waals surface area contributed by atoms with Crippen LogP contribution in [0.15, 0.2) is 6.20 Å². The number of carbonyl (C=O) groups excluding carboxylic acids is 1. The molecule has 0 unspecified atom stereocenters. The molecule has 0 radical (unpaired) electrons. The highest BCUT2D eigenvalue weighted by molar-refractivity contribution is 7.15. The number of hydrogen-bond donors (Lipinski definition) is 2. The van der Waals surface area contributed by atoms with E-state index in [0.29, 0.717) is 16.5 Å². The Hall–Kier alpha value is -1.89. The molecule has 0 saturated heterocycles. The summed E-state index contributed by atoms with van der Waals surface area (Å²) in [7, 11) is 1.68. The van der Waals surface area contributed by atoms with E-state index in [2.05, 4.69) is 15.4 Å². The van der Waals surface area contributed by atoms with Gasteiger partial charge in [0.1, 0.15) is 11.4 Å². The molecule has 2 rings (SSSR count).